The highest BCUT2D eigenvalue weighted by molar-refractivity contribution is 5.78. The molecule has 0 saturated carbocycles. The van der Waals surface area contributed by atoms with E-state index in [0.717, 1.165) is 65.9 Å². The Labute approximate surface area is 299 Å². The van der Waals surface area contributed by atoms with Gasteiger partial charge in [0.1, 0.15) is 23.4 Å². The lowest BCUT2D eigenvalue weighted by Crippen LogP contribution is -2.44. The summed E-state index contributed by atoms with van der Waals surface area (Å²) in [7, 11) is 0. The molecule has 6 rings (SSSR count). The Kier molecular flexibility index (Phi) is 10.6. The molecule has 0 spiro atoms. The Morgan fingerprint density at radius 2 is 1.80 bits per heavy atom. The molecule has 2 aromatic carbocycles. The minimum atomic E-state index is -0.611. The highest BCUT2D eigenvalue weighted by Crippen LogP contribution is 2.32. The van der Waals surface area contributed by atoms with Gasteiger partial charge in [0.05, 0.1) is 18.4 Å². The maximum Gasteiger partial charge on any atom is 0.410 e. The molecular weight excluding hydrogens is 646 g/mol. The van der Waals surface area contributed by atoms with Gasteiger partial charge in [0.2, 0.25) is 0 Å². The fourth-order valence-corrected chi connectivity index (χ4v) is 5.96. The molecule has 4 heterocycles. The number of ether oxygens (including phenoxy) is 3. The maximum absolute atomic E-state index is 13.1. The number of anilines is 2. The second kappa shape index (κ2) is 15.1. The van der Waals surface area contributed by atoms with Crippen molar-refractivity contribution in [2.75, 3.05) is 25.1 Å². The number of nitrogens with zero attached hydrogens (tertiary/aromatic N) is 5. The number of rotatable bonds is 10. The first-order chi connectivity index (χ1) is 24.4. The van der Waals surface area contributed by atoms with Crippen molar-refractivity contribution in [2.45, 2.75) is 97.6 Å². The quantitative estimate of drug-likeness (QED) is 0.174. The van der Waals surface area contributed by atoms with Crippen molar-refractivity contribution in [1.29, 1.82) is 0 Å². The summed E-state index contributed by atoms with van der Waals surface area (Å²) >= 11 is 0. The van der Waals surface area contributed by atoms with Gasteiger partial charge in [0.25, 0.3) is 5.91 Å². The smallest absolute Gasteiger partial charge is 0.410 e. The third-order valence-corrected chi connectivity index (χ3v) is 9.07. The van der Waals surface area contributed by atoms with Crippen molar-refractivity contribution < 1.29 is 23.8 Å². The first-order valence-corrected chi connectivity index (χ1v) is 17.8. The van der Waals surface area contributed by atoms with Crippen LogP contribution in [0.25, 0.3) is 22.5 Å². The summed E-state index contributed by atoms with van der Waals surface area (Å²) in [6.45, 7) is 13.0. The van der Waals surface area contributed by atoms with Crippen LogP contribution in [0.2, 0.25) is 0 Å². The van der Waals surface area contributed by atoms with Crippen LogP contribution in [-0.4, -0.2) is 67.5 Å². The molecule has 1 saturated heterocycles. The molecule has 1 fully saturated rings. The number of nitrogens with one attached hydrogen (secondary N) is 2. The van der Waals surface area contributed by atoms with Crippen molar-refractivity contribution in [1.82, 2.24) is 30.0 Å². The van der Waals surface area contributed by atoms with Gasteiger partial charge in [0.15, 0.2) is 12.4 Å². The molecule has 2 amide bonds. The van der Waals surface area contributed by atoms with E-state index >= 15 is 0 Å². The highest BCUT2D eigenvalue weighted by atomic mass is 16.6. The minimum Gasteiger partial charge on any atom is -0.484 e. The molecule has 0 bridgehead atoms. The Hall–Kier alpha value is -4.97. The normalized spacial score (nSPS) is 16.3. The average Bonchev–Trinajstić information content (AvgIpc) is 3.61. The van der Waals surface area contributed by atoms with E-state index in [2.05, 4.69) is 15.7 Å². The van der Waals surface area contributed by atoms with Crippen molar-refractivity contribution in [3.8, 4) is 28.3 Å². The van der Waals surface area contributed by atoms with E-state index in [4.69, 9.17) is 24.2 Å². The number of carbonyl (C=O) groups excluding carboxylic acids is 2. The van der Waals surface area contributed by atoms with Gasteiger partial charge in [-0.25, -0.2) is 19.4 Å². The molecule has 2 aromatic heterocycles. The van der Waals surface area contributed by atoms with Gasteiger partial charge in [-0.2, -0.15) is 5.10 Å². The Bertz CT molecular complexity index is 1840. The lowest BCUT2D eigenvalue weighted by molar-refractivity contribution is -0.124. The van der Waals surface area contributed by atoms with Crippen LogP contribution in [0.5, 0.6) is 5.75 Å². The third kappa shape index (κ3) is 9.23. The fraction of sp³-hybridized carbons (Fsp3) is 0.462. The zero-order valence-corrected chi connectivity index (χ0v) is 30.5. The van der Waals surface area contributed by atoms with Gasteiger partial charge >= 0.3 is 6.09 Å². The molecule has 1 atom stereocenters. The van der Waals surface area contributed by atoms with Crippen LogP contribution >= 0.6 is 0 Å². The standard InChI is InChI=1S/C39H49N7O5/c1-7-39(5,6)44-33(47)25-50-30-12-10-11-27(21-30)35-42-32-18-19-45(37(48)51-38(2,3)4)24-31(32)36(43-35)41-29-16-14-26(15-17-29)28-22-40-46(23-28)34-13-8-9-20-49-34/h10-12,14-17,21-23,34H,7-9,13,18-20,24-25H2,1-6H3,(H,44,47)(H,41,42,43). The molecule has 1 unspecified atom stereocenters. The van der Waals surface area contributed by atoms with Crippen LogP contribution in [0.15, 0.2) is 60.9 Å². The van der Waals surface area contributed by atoms with Gasteiger partial charge < -0.3 is 29.7 Å². The van der Waals surface area contributed by atoms with E-state index in [0.29, 0.717) is 36.9 Å². The van der Waals surface area contributed by atoms with Crippen molar-refractivity contribution >= 4 is 23.5 Å². The zero-order chi connectivity index (χ0) is 36.2. The third-order valence-electron chi connectivity index (χ3n) is 9.07. The molecule has 2 aliphatic heterocycles. The van der Waals surface area contributed by atoms with E-state index in [9.17, 15) is 9.59 Å². The summed E-state index contributed by atoms with van der Waals surface area (Å²) in [5, 5.41) is 11.1. The molecule has 51 heavy (non-hydrogen) atoms. The zero-order valence-electron chi connectivity index (χ0n) is 30.5. The Morgan fingerprint density at radius 3 is 2.53 bits per heavy atom. The number of amides is 2. The van der Waals surface area contributed by atoms with Crippen LogP contribution in [0, 0.1) is 0 Å². The monoisotopic (exact) mass is 695 g/mol. The summed E-state index contributed by atoms with van der Waals surface area (Å²) in [5.74, 6) is 1.47. The minimum absolute atomic E-state index is 0.0169. The van der Waals surface area contributed by atoms with E-state index < -0.39 is 5.60 Å². The molecule has 12 heteroatoms. The highest BCUT2D eigenvalue weighted by Gasteiger charge is 2.29. The summed E-state index contributed by atoms with van der Waals surface area (Å²) in [6.07, 6.45) is 8.06. The van der Waals surface area contributed by atoms with Crippen LogP contribution in [-0.2, 0) is 27.2 Å². The van der Waals surface area contributed by atoms with Crippen LogP contribution in [0.3, 0.4) is 0 Å². The summed E-state index contributed by atoms with van der Waals surface area (Å²) in [4.78, 5) is 37.3. The summed E-state index contributed by atoms with van der Waals surface area (Å²) < 4.78 is 19.4. The Morgan fingerprint density at radius 1 is 1.00 bits per heavy atom. The molecule has 0 aliphatic carbocycles. The number of fused-ring (bicyclic) bond motifs is 1. The lowest BCUT2D eigenvalue weighted by Gasteiger charge is -2.31. The number of benzene rings is 2. The second-order valence-electron chi connectivity index (χ2n) is 14.8. The number of hydrogen-bond donors (Lipinski definition) is 2. The fourth-order valence-electron chi connectivity index (χ4n) is 5.96. The predicted octanol–water partition coefficient (Wildman–Crippen LogP) is 7.43. The maximum atomic E-state index is 13.1. The van der Waals surface area contributed by atoms with Crippen LogP contribution in [0.4, 0.5) is 16.3 Å². The SMILES string of the molecule is CCC(C)(C)NC(=O)COc1cccc(-c2nc3c(c(Nc4ccc(-c5cnn(C6CCCCO6)c5)cc4)n2)CN(C(=O)OC(C)(C)C)CC3)c1. The van der Waals surface area contributed by atoms with Gasteiger partial charge in [-0.3, -0.25) is 4.79 Å². The van der Waals surface area contributed by atoms with Crippen molar-refractivity contribution in [3.05, 3.63) is 72.2 Å². The molecule has 2 aliphatic rings. The van der Waals surface area contributed by atoms with Gasteiger partial charge in [-0.15, -0.1) is 0 Å². The number of carbonyl (C=O) groups is 2. The molecule has 0 radical (unpaired) electrons. The van der Waals surface area contributed by atoms with E-state index in [-0.39, 0.29) is 30.4 Å². The van der Waals surface area contributed by atoms with Crippen LogP contribution < -0.4 is 15.4 Å². The van der Waals surface area contributed by atoms with Crippen LogP contribution in [0.1, 0.15) is 84.7 Å². The summed E-state index contributed by atoms with van der Waals surface area (Å²) in [5.41, 5.74) is 4.39. The van der Waals surface area contributed by atoms with Gasteiger partial charge in [-0.05, 0) is 90.1 Å². The van der Waals surface area contributed by atoms with E-state index in [1.807, 2.05) is 107 Å². The number of hydrogen-bond acceptors (Lipinski definition) is 9. The van der Waals surface area contributed by atoms with Crippen molar-refractivity contribution in [2.24, 2.45) is 0 Å². The van der Waals surface area contributed by atoms with Gasteiger partial charge in [0, 0.05) is 53.7 Å². The summed E-state index contributed by atoms with van der Waals surface area (Å²) in [6, 6.07) is 15.5. The predicted molar refractivity (Wildman–Crippen MR) is 196 cm³/mol. The molecule has 4 aromatic rings. The Balaban J connectivity index is 1.25. The van der Waals surface area contributed by atoms with E-state index in [1.54, 1.807) is 4.90 Å². The topological polar surface area (TPSA) is 133 Å². The molecule has 270 valence electrons. The van der Waals surface area contributed by atoms with Gasteiger partial charge in [-0.1, -0.05) is 31.2 Å². The molecule has 12 nitrogen and oxygen atoms in total. The molecular formula is C39H49N7O5. The molecule has 2 N–H and O–H groups in total. The first kappa shape index (κ1) is 35.8. The number of aromatic nitrogens is 4. The second-order valence-corrected chi connectivity index (χ2v) is 14.8. The van der Waals surface area contributed by atoms with Crippen molar-refractivity contribution in [3.63, 3.8) is 0 Å². The first-order valence-electron chi connectivity index (χ1n) is 17.8. The lowest BCUT2D eigenvalue weighted by atomic mass is 10.0. The average molecular weight is 696 g/mol. The van der Waals surface area contributed by atoms with E-state index in [1.165, 1.54) is 0 Å². The largest absolute Gasteiger partial charge is 0.484 e.